The number of thiol groups is 1. The summed E-state index contributed by atoms with van der Waals surface area (Å²) in [6, 6.07) is 0. The lowest BCUT2D eigenvalue weighted by atomic mass is 10.1. The lowest BCUT2D eigenvalue weighted by Crippen LogP contribution is -2.21. The van der Waals surface area contributed by atoms with Crippen LogP contribution < -0.4 is 5.32 Å². The van der Waals surface area contributed by atoms with Crippen molar-refractivity contribution < 1.29 is 0 Å². The van der Waals surface area contributed by atoms with Gasteiger partial charge in [-0.05, 0) is 38.9 Å². The quantitative estimate of drug-likeness (QED) is 0.491. The summed E-state index contributed by atoms with van der Waals surface area (Å²) in [6.07, 6.45) is 2.72. The number of hydrogen-bond acceptors (Lipinski definition) is 3. The smallest absolute Gasteiger partial charge is 0.00397 e. The Balaban J connectivity index is 1.93. The number of nitrogens with one attached hydrogen (secondary N) is 1. The van der Waals surface area contributed by atoms with Crippen LogP contribution in [0.1, 0.15) is 12.8 Å². The minimum atomic E-state index is 0.933. The van der Waals surface area contributed by atoms with E-state index in [4.69, 9.17) is 0 Å². The Hall–Kier alpha value is 0.270. The second-order valence-corrected chi connectivity index (χ2v) is 4.13. The van der Waals surface area contributed by atoms with Gasteiger partial charge in [0.1, 0.15) is 0 Å². The second kappa shape index (κ2) is 5.84. The highest BCUT2D eigenvalue weighted by Gasteiger charge is 2.18. The molecule has 1 aliphatic heterocycles. The molecule has 0 saturated carbocycles. The Kier molecular flexibility index (Phi) is 5.04. The summed E-state index contributed by atoms with van der Waals surface area (Å²) >= 11 is 4.15. The van der Waals surface area contributed by atoms with Crippen molar-refractivity contribution in [1.82, 2.24) is 10.2 Å². The van der Waals surface area contributed by atoms with Crippen molar-refractivity contribution >= 4 is 12.6 Å². The molecule has 0 bridgehead atoms. The lowest BCUT2D eigenvalue weighted by molar-refractivity contribution is 0.385. The molecule has 1 saturated heterocycles. The maximum Gasteiger partial charge on any atom is 0.00397 e. The van der Waals surface area contributed by atoms with Gasteiger partial charge in [-0.1, -0.05) is 0 Å². The molecule has 0 spiro atoms. The molecule has 12 heavy (non-hydrogen) atoms. The minimum Gasteiger partial charge on any atom is -0.316 e. The first-order valence-corrected chi connectivity index (χ1v) is 5.46. The molecule has 3 heteroatoms. The monoisotopic (exact) mass is 188 g/mol. The zero-order chi connectivity index (χ0) is 8.81. The molecule has 1 rings (SSSR count). The van der Waals surface area contributed by atoms with E-state index >= 15 is 0 Å². The minimum absolute atomic E-state index is 0.933. The third-order valence-electron chi connectivity index (χ3n) is 2.51. The van der Waals surface area contributed by atoms with E-state index in [0.717, 1.165) is 18.2 Å². The Bertz CT molecular complexity index is 119. The predicted octanol–water partition coefficient (Wildman–Crippen LogP) is 0.848. The molecule has 0 aromatic rings. The van der Waals surface area contributed by atoms with Gasteiger partial charge in [0.05, 0.1) is 0 Å². The molecule has 0 radical (unpaired) electrons. The first-order valence-electron chi connectivity index (χ1n) is 4.83. The SMILES string of the molecule is CN1CCC(CCNCCS)C1. The van der Waals surface area contributed by atoms with Gasteiger partial charge in [0.25, 0.3) is 0 Å². The van der Waals surface area contributed by atoms with Crippen LogP contribution in [0.3, 0.4) is 0 Å². The largest absolute Gasteiger partial charge is 0.316 e. The van der Waals surface area contributed by atoms with E-state index in [1.807, 2.05) is 0 Å². The summed E-state index contributed by atoms with van der Waals surface area (Å²) in [5.41, 5.74) is 0. The third-order valence-corrected chi connectivity index (χ3v) is 2.73. The predicted molar refractivity (Wildman–Crippen MR) is 56.9 cm³/mol. The zero-order valence-electron chi connectivity index (χ0n) is 7.92. The van der Waals surface area contributed by atoms with Gasteiger partial charge in [0.15, 0.2) is 0 Å². The molecular formula is C9H20N2S. The summed E-state index contributed by atoms with van der Waals surface area (Å²) in [5.74, 6) is 1.88. The van der Waals surface area contributed by atoms with Crippen molar-refractivity contribution in [2.75, 3.05) is 39.0 Å². The van der Waals surface area contributed by atoms with Gasteiger partial charge in [0.2, 0.25) is 0 Å². The molecule has 1 heterocycles. The van der Waals surface area contributed by atoms with Crippen molar-refractivity contribution in [1.29, 1.82) is 0 Å². The van der Waals surface area contributed by atoms with E-state index in [9.17, 15) is 0 Å². The molecule has 1 unspecified atom stereocenters. The van der Waals surface area contributed by atoms with Crippen LogP contribution >= 0.6 is 12.6 Å². The average molecular weight is 188 g/mol. The summed E-state index contributed by atoms with van der Waals surface area (Å²) in [6.45, 7) is 4.80. The Morgan fingerprint density at radius 2 is 2.33 bits per heavy atom. The maximum absolute atomic E-state index is 4.15. The van der Waals surface area contributed by atoms with Crippen LogP contribution in [0.4, 0.5) is 0 Å². The van der Waals surface area contributed by atoms with Gasteiger partial charge in [0, 0.05) is 18.8 Å². The Labute approximate surface area is 81.1 Å². The average Bonchev–Trinajstić information content (AvgIpc) is 2.45. The molecule has 1 fully saturated rings. The normalized spacial score (nSPS) is 25.0. The summed E-state index contributed by atoms with van der Waals surface area (Å²) in [4.78, 5) is 2.42. The van der Waals surface area contributed by atoms with Crippen LogP contribution in [0.15, 0.2) is 0 Å². The molecule has 2 nitrogen and oxygen atoms in total. The van der Waals surface area contributed by atoms with Gasteiger partial charge < -0.3 is 10.2 Å². The van der Waals surface area contributed by atoms with Crippen LogP contribution in [0.5, 0.6) is 0 Å². The summed E-state index contributed by atoms with van der Waals surface area (Å²) in [7, 11) is 2.21. The van der Waals surface area contributed by atoms with Crippen molar-refractivity contribution in [3.63, 3.8) is 0 Å². The fourth-order valence-corrected chi connectivity index (χ4v) is 1.93. The molecule has 0 aromatic carbocycles. The van der Waals surface area contributed by atoms with Crippen molar-refractivity contribution in [2.24, 2.45) is 5.92 Å². The topological polar surface area (TPSA) is 15.3 Å². The molecule has 0 aromatic heterocycles. The van der Waals surface area contributed by atoms with Crippen LogP contribution in [-0.4, -0.2) is 43.9 Å². The van der Waals surface area contributed by atoms with E-state index in [1.54, 1.807) is 0 Å². The van der Waals surface area contributed by atoms with Gasteiger partial charge in [-0.25, -0.2) is 0 Å². The number of hydrogen-bond donors (Lipinski definition) is 2. The van der Waals surface area contributed by atoms with Crippen LogP contribution in [-0.2, 0) is 0 Å². The zero-order valence-corrected chi connectivity index (χ0v) is 8.82. The van der Waals surface area contributed by atoms with Crippen molar-refractivity contribution in [3.05, 3.63) is 0 Å². The standard InChI is InChI=1S/C9H20N2S/c1-11-6-3-9(8-11)2-4-10-5-7-12/h9-10,12H,2-8H2,1H3. The van der Waals surface area contributed by atoms with E-state index in [2.05, 4.69) is 29.9 Å². The molecule has 72 valence electrons. The van der Waals surface area contributed by atoms with Gasteiger partial charge in [-0.15, -0.1) is 0 Å². The highest BCUT2D eigenvalue weighted by Crippen LogP contribution is 2.16. The Morgan fingerprint density at radius 3 is 2.92 bits per heavy atom. The molecule has 1 aliphatic rings. The first-order chi connectivity index (χ1) is 5.83. The van der Waals surface area contributed by atoms with E-state index in [0.29, 0.717) is 0 Å². The van der Waals surface area contributed by atoms with Crippen molar-refractivity contribution in [3.8, 4) is 0 Å². The maximum atomic E-state index is 4.15. The van der Waals surface area contributed by atoms with Crippen LogP contribution in [0, 0.1) is 5.92 Å². The van der Waals surface area contributed by atoms with Crippen LogP contribution in [0.25, 0.3) is 0 Å². The summed E-state index contributed by atoms with van der Waals surface area (Å²) in [5, 5.41) is 3.38. The fourth-order valence-electron chi connectivity index (χ4n) is 1.77. The highest BCUT2D eigenvalue weighted by molar-refractivity contribution is 7.80. The summed E-state index contributed by atoms with van der Waals surface area (Å²) < 4.78 is 0. The molecular weight excluding hydrogens is 168 g/mol. The Morgan fingerprint density at radius 1 is 1.50 bits per heavy atom. The molecule has 1 N–H and O–H groups in total. The highest BCUT2D eigenvalue weighted by atomic mass is 32.1. The molecule has 0 amide bonds. The molecule has 0 aliphatic carbocycles. The van der Waals surface area contributed by atoms with Gasteiger partial charge in [-0.3, -0.25) is 0 Å². The van der Waals surface area contributed by atoms with Gasteiger partial charge >= 0.3 is 0 Å². The lowest BCUT2D eigenvalue weighted by Gasteiger charge is -2.10. The van der Waals surface area contributed by atoms with E-state index in [1.165, 1.54) is 32.5 Å². The van der Waals surface area contributed by atoms with Crippen molar-refractivity contribution in [2.45, 2.75) is 12.8 Å². The molecule has 1 atom stereocenters. The fraction of sp³-hybridized carbons (Fsp3) is 1.00. The third kappa shape index (κ3) is 3.78. The van der Waals surface area contributed by atoms with Crippen LogP contribution in [0.2, 0.25) is 0 Å². The van der Waals surface area contributed by atoms with Gasteiger partial charge in [-0.2, -0.15) is 12.6 Å². The number of rotatable bonds is 5. The van der Waals surface area contributed by atoms with E-state index < -0.39 is 0 Å². The number of nitrogens with zero attached hydrogens (tertiary/aromatic N) is 1. The first kappa shape index (κ1) is 10.4. The van der Waals surface area contributed by atoms with E-state index in [-0.39, 0.29) is 0 Å². The number of likely N-dealkylation sites (tertiary alicyclic amines) is 1. The second-order valence-electron chi connectivity index (χ2n) is 3.68.